The molecule has 0 fully saturated rings. The van der Waals surface area contributed by atoms with Crippen LogP contribution in [-0.4, -0.2) is 28.1 Å². The summed E-state index contributed by atoms with van der Waals surface area (Å²) in [5, 5.41) is 8.70. The number of carboxylic acid groups (broad SMARTS) is 1. The summed E-state index contributed by atoms with van der Waals surface area (Å²) in [5.74, 6) is -1.05. The van der Waals surface area contributed by atoms with Gasteiger partial charge in [-0.3, -0.25) is 0 Å². The summed E-state index contributed by atoms with van der Waals surface area (Å²) in [6.07, 6.45) is 2.49. The summed E-state index contributed by atoms with van der Waals surface area (Å²) >= 11 is 0. The normalized spacial score (nSPS) is 10.1. The predicted octanol–water partition coefficient (Wildman–Crippen LogP) is 2.08. The number of carboxylic acids is 1. The van der Waals surface area contributed by atoms with E-state index in [1.54, 1.807) is 24.1 Å². The Kier molecular flexibility index (Phi) is 3.18. The van der Waals surface area contributed by atoms with E-state index >= 15 is 0 Å². The van der Waals surface area contributed by atoms with Gasteiger partial charge in [0.1, 0.15) is 5.82 Å². The zero-order chi connectivity index (χ0) is 13.1. The van der Waals surface area contributed by atoms with Gasteiger partial charge < -0.3 is 10.0 Å². The molecule has 0 amide bonds. The summed E-state index contributed by atoms with van der Waals surface area (Å²) in [6.45, 7) is 0. The molecule has 5 nitrogen and oxygen atoms in total. The van der Waals surface area contributed by atoms with Gasteiger partial charge in [0, 0.05) is 12.7 Å². The van der Waals surface area contributed by atoms with E-state index in [9.17, 15) is 9.18 Å². The summed E-state index contributed by atoms with van der Waals surface area (Å²) in [5.41, 5.74) is 0.471. The zero-order valence-electron chi connectivity index (χ0n) is 9.54. The van der Waals surface area contributed by atoms with E-state index in [0.717, 1.165) is 6.20 Å². The number of carbonyl (C=O) groups is 1. The average Bonchev–Trinajstić information content (AvgIpc) is 2.38. The lowest BCUT2D eigenvalue weighted by Gasteiger charge is -2.17. The Morgan fingerprint density at radius 2 is 2.11 bits per heavy atom. The number of rotatable bonds is 3. The number of anilines is 2. The first-order chi connectivity index (χ1) is 8.58. The van der Waals surface area contributed by atoms with E-state index in [2.05, 4.69) is 9.97 Å². The first-order valence-electron chi connectivity index (χ1n) is 5.12. The van der Waals surface area contributed by atoms with Crippen LogP contribution in [0.15, 0.2) is 36.7 Å². The van der Waals surface area contributed by atoms with Crippen LogP contribution in [0.1, 0.15) is 10.5 Å². The summed E-state index contributed by atoms with van der Waals surface area (Å²) in [4.78, 5) is 20.0. The van der Waals surface area contributed by atoms with Crippen LogP contribution < -0.4 is 4.90 Å². The molecule has 1 aromatic heterocycles. The van der Waals surface area contributed by atoms with Crippen molar-refractivity contribution in [1.82, 2.24) is 9.97 Å². The molecule has 0 radical (unpaired) electrons. The minimum atomic E-state index is -1.14. The van der Waals surface area contributed by atoms with Gasteiger partial charge in [0.2, 0.25) is 0 Å². The lowest BCUT2D eigenvalue weighted by Crippen LogP contribution is -2.12. The molecule has 6 heteroatoms. The van der Waals surface area contributed by atoms with Crippen molar-refractivity contribution in [1.29, 1.82) is 0 Å². The quantitative estimate of drug-likeness (QED) is 0.899. The fourth-order valence-electron chi connectivity index (χ4n) is 1.42. The highest BCUT2D eigenvalue weighted by Crippen LogP contribution is 2.21. The third-order valence-corrected chi connectivity index (χ3v) is 2.40. The van der Waals surface area contributed by atoms with Gasteiger partial charge in [0.25, 0.3) is 0 Å². The number of benzene rings is 1. The SMILES string of the molecule is CN(c1cccc(F)c1)c1cnc(C(=O)O)cn1. The van der Waals surface area contributed by atoms with E-state index in [-0.39, 0.29) is 11.5 Å². The molecule has 1 aromatic carbocycles. The van der Waals surface area contributed by atoms with E-state index in [1.807, 2.05) is 0 Å². The number of hydrogen-bond donors (Lipinski definition) is 1. The first kappa shape index (κ1) is 12.0. The highest BCUT2D eigenvalue weighted by Gasteiger charge is 2.09. The van der Waals surface area contributed by atoms with Gasteiger partial charge in [-0.1, -0.05) is 6.07 Å². The van der Waals surface area contributed by atoms with Crippen molar-refractivity contribution in [2.24, 2.45) is 0 Å². The Hall–Kier alpha value is -2.50. The van der Waals surface area contributed by atoms with E-state index in [4.69, 9.17) is 5.11 Å². The molecule has 2 rings (SSSR count). The van der Waals surface area contributed by atoms with Crippen LogP contribution in [0.3, 0.4) is 0 Å². The van der Waals surface area contributed by atoms with E-state index < -0.39 is 5.97 Å². The Morgan fingerprint density at radius 3 is 2.67 bits per heavy atom. The third-order valence-electron chi connectivity index (χ3n) is 2.40. The molecule has 18 heavy (non-hydrogen) atoms. The van der Waals surface area contributed by atoms with Gasteiger partial charge in [0.05, 0.1) is 12.4 Å². The number of aromatic nitrogens is 2. The molecule has 0 atom stereocenters. The van der Waals surface area contributed by atoms with Crippen molar-refractivity contribution in [3.05, 3.63) is 48.2 Å². The number of aromatic carboxylic acids is 1. The number of hydrogen-bond acceptors (Lipinski definition) is 4. The minimum Gasteiger partial charge on any atom is -0.476 e. The van der Waals surface area contributed by atoms with Crippen LogP contribution in [0, 0.1) is 5.82 Å². The summed E-state index contributed by atoms with van der Waals surface area (Å²) in [6, 6.07) is 6.00. The average molecular weight is 247 g/mol. The Bertz CT molecular complexity index is 572. The van der Waals surface area contributed by atoms with Crippen molar-refractivity contribution in [3.63, 3.8) is 0 Å². The van der Waals surface area contributed by atoms with Crippen LogP contribution in [0.2, 0.25) is 0 Å². The molecule has 1 N–H and O–H groups in total. The largest absolute Gasteiger partial charge is 0.476 e. The highest BCUT2D eigenvalue weighted by atomic mass is 19.1. The van der Waals surface area contributed by atoms with Gasteiger partial charge in [-0.15, -0.1) is 0 Å². The summed E-state index contributed by atoms with van der Waals surface area (Å²) < 4.78 is 13.1. The molecule has 0 aliphatic heterocycles. The second-order valence-corrected chi connectivity index (χ2v) is 3.60. The predicted molar refractivity (Wildman–Crippen MR) is 63.5 cm³/mol. The number of halogens is 1. The van der Waals surface area contributed by atoms with Gasteiger partial charge in [0.15, 0.2) is 11.5 Å². The van der Waals surface area contributed by atoms with E-state index in [0.29, 0.717) is 11.5 Å². The minimum absolute atomic E-state index is 0.133. The fraction of sp³-hybridized carbons (Fsp3) is 0.0833. The maximum absolute atomic E-state index is 13.1. The lowest BCUT2D eigenvalue weighted by atomic mass is 10.3. The molecule has 0 aliphatic rings. The van der Waals surface area contributed by atoms with Crippen LogP contribution in [0.5, 0.6) is 0 Å². The molecule has 0 bridgehead atoms. The van der Waals surface area contributed by atoms with Crippen molar-refractivity contribution in [2.45, 2.75) is 0 Å². The molecule has 0 saturated carbocycles. The maximum atomic E-state index is 13.1. The Balaban J connectivity index is 2.28. The zero-order valence-corrected chi connectivity index (χ0v) is 9.54. The van der Waals surface area contributed by atoms with Gasteiger partial charge in [-0.2, -0.15) is 0 Å². The van der Waals surface area contributed by atoms with Crippen LogP contribution in [0.4, 0.5) is 15.9 Å². The van der Waals surface area contributed by atoms with Crippen molar-refractivity contribution < 1.29 is 14.3 Å². The maximum Gasteiger partial charge on any atom is 0.356 e. The molecule has 0 saturated heterocycles. The molecular formula is C12H10FN3O2. The van der Waals surface area contributed by atoms with Crippen LogP contribution in [0.25, 0.3) is 0 Å². The van der Waals surface area contributed by atoms with Crippen LogP contribution in [-0.2, 0) is 0 Å². The molecule has 92 valence electrons. The van der Waals surface area contributed by atoms with Gasteiger partial charge in [-0.05, 0) is 18.2 Å². The first-order valence-corrected chi connectivity index (χ1v) is 5.12. The van der Waals surface area contributed by atoms with Gasteiger partial charge in [-0.25, -0.2) is 19.2 Å². The standard InChI is InChI=1S/C12H10FN3O2/c1-16(9-4-2-3-8(13)5-9)11-7-14-10(6-15-11)12(17)18/h2-7H,1H3,(H,17,18). The molecule has 2 aromatic rings. The van der Waals surface area contributed by atoms with E-state index in [1.165, 1.54) is 18.3 Å². The number of nitrogens with zero attached hydrogens (tertiary/aromatic N) is 3. The van der Waals surface area contributed by atoms with Crippen LogP contribution >= 0.6 is 0 Å². The van der Waals surface area contributed by atoms with Gasteiger partial charge >= 0.3 is 5.97 Å². The lowest BCUT2D eigenvalue weighted by molar-refractivity contribution is 0.0690. The molecule has 0 unspecified atom stereocenters. The molecule has 0 aliphatic carbocycles. The Morgan fingerprint density at radius 1 is 1.33 bits per heavy atom. The van der Waals surface area contributed by atoms with Crippen molar-refractivity contribution in [2.75, 3.05) is 11.9 Å². The Labute approximate surface area is 103 Å². The molecule has 0 spiro atoms. The third kappa shape index (κ3) is 2.42. The second-order valence-electron chi connectivity index (χ2n) is 3.60. The van der Waals surface area contributed by atoms with Crippen molar-refractivity contribution in [3.8, 4) is 0 Å². The fourth-order valence-corrected chi connectivity index (χ4v) is 1.42. The topological polar surface area (TPSA) is 66.3 Å². The van der Waals surface area contributed by atoms with Crippen molar-refractivity contribution >= 4 is 17.5 Å². The monoisotopic (exact) mass is 247 g/mol. The highest BCUT2D eigenvalue weighted by molar-refractivity contribution is 5.85. The molecular weight excluding hydrogens is 237 g/mol. The second kappa shape index (κ2) is 4.79. The smallest absolute Gasteiger partial charge is 0.356 e. The summed E-state index contributed by atoms with van der Waals surface area (Å²) in [7, 11) is 1.69. The molecule has 1 heterocycles.